The summed E-state index contributed by atoms with van der Waals surface area (Å²) in [5, 5.41) is 19.0. The predicted molar refractivity (Wildman–Crippen MR) is 102 cm³/mol. The number of rotatable bonds is 5. The van der Waals surface area contributed by atoms with E-state index in [9.17, 15) is 0 Å². The number of hydrogen-bond donors (Lipinski definition) is 1. The van der Waals surface area contributed by atoms with Crippen molar-refractivity contribution in [1.82, 2.24) is 19.8 Å². The van der Waals surface area contributed by atoms with E-state index in [1.807, 2.05) is 62.4 Å². The van der Waals surface area contributed by atoms with Crippen molar-refractivity contribution < 1.29 is 4.74 Å². The van der Waals surface area contributed by atoms with Crippen LogP contribution in [-0.4, -0.2) is 32.1 Å². The number of nitrogens with one attached hydrogen (secondary N) is 1. The lowest BCUT2D eigenvalue weighted by molar-refractivity contribution is 0.340. The lowest BCUT2D eigenvalue weighted by atomic mass is 10.1. The smallest absolute Gasteiger partial charge is 0.185 e. The van der Waals surface area contributed by atoms with Crippen molar-refractivity contribution in [3.63, 3.8) is 0 Å². The number of hydrazone groups is 1. The van der Waals surface area contributed by atoms with Crippen LogP contribution >= 0.6 is 0 Å². The standard InChI is InChI=1S/C19H18N6O/c1-3-26-15-10-8-14(9-11-15)13(2)21-22-18-16-6-4-5-7-17(16)19-23-20-12-25(19)24-18/h4-12H,3H2,1-2H3,(H,22,24)/b21-13+. The minimum atomic E-state index is 0.651. The van der Waals surface area contributed by atoms with Crippen LogP contribution in [0.4, 0.5) is 5.82 Å². The van der Waals surface area contributed by atoms with E-state index in [0.717, 1.165) is 33.4 Å². The fourth-order valence-corrected chi connectivity index (χ4v) is 2.77. The molecule has 4 rings (SSSR count). The number of anilines is 1. The average molecular weight is 346 g/mol. The van der Waals surface area contributed by atoms with Gasteiger partial charge in [-0.3, -0.25) is 5.43 Å². The highest BCUT2D eigenvalue weighted by molar-refractivity contribution is 6.01. The summed E-state index contributed by atoms with van der Waals surface area (Å²) in [4.78, 5) is 0. The SMILES string of the molecule is CCOc1ccc(/C(C)=N/Nc2nn3cnnc3c3ccccc23)cc1. The van der Waals surface area contributed by atoms with Crippen molar-refractivity contribution in [3.8, 4) is 5.75 Å². The highest BCUT2D eigenvalue weighted by Crippen LogP contribution is 2.24. The molecule has 0 saturated carbocycles. The van der Waals surface area contributed by atoms with E-state index in [-0.39, 0.29) is 0 Å². The van der Waals surface area contributed by atoms with Crippen LogP contribution in [0, 0.1) is 0 Å². The fraction of sp³-hybridized carbons (Fsp3) is 0.158. The molecule has 2 heterocycles. The summed E-state index contributed by atoms with van der Waals surface area (Å²) in [5.74, 6) is 1.50. The monoisotopic (exact) mass is 346 g/mol. The summed E-state index contributed by atoms with van der Waals surface area (Å²) in [6.45, 7) is 4.56. The maximum atomic E-state index is 5.47. The predicted octanol–water partition coefficient (Wildman–Crippen LogP) is 3.51. The van der Waals surface area contributed by atoms with E-state index in [2.05, 4.69) is 25.8 Å². The molecule has 2 aromatic carbocycles. The first-order valence-corrected chi connectivity index (χ1v) is 8.38. The van der Waals surface area contributed by atoms with Gasteiger partial charge in [0.05, 0.1) is 12.3 Å². The van der Waals surface area contributed by atoms with Crippen LogP contribution in [0.2, 0.25) is 0 Å². The van der Waals surface area contributed by atoms with Crippen molar-refractivity contribution in [3.05, 3.63) is 60.4 Å². The molecule has 0 amide bonds. The van der Waals surface area contributed by atoms with Crippen LogP contribution in [0.1, 0.15) is 19.4 Å². The number of fused-ring (bicyclic) bond motifs is 3. The Morgan fingerprint density at radius 2 is 1.88 bits per heavy atom. The lowest BCUT2D eigenvalue weighted by Gasteiger charge is -2.08. The van der Waals surface area contributed by atoms with E-state index >= 15 is 0 Å². The molecule has 0 fully saturated rings. The zero-order valence-corrected chi connectivity index (χ0v) is 14.5. The lowest BCUT2D eigenvalue weighted by Crippen LogP contribution is -2.04. The van der Waals surface area contributed by atoms with Gasteiger partial charge in [-0.05, 0) is 43.7 Å². The summed E-state index contributed by atoms with van der Waals surface area (Å²) >= 11 is 0. The maximum absolute atomic E-state index is 5.47. The molecule has 2 aromatic heterocycles. The zero-order valence-electron chi connectivity index (χ0n) is 14.5. The molecule has 130 valence electrons. The molecule has 0 radical (unpaired) electrons. The second-order valence-corrected chi connectivity index (χ2v) is 5.76. The summed E-state index contributed by atoms with van der Waals surface area (Å²) in [6, 6.07) is 15.8. The van der Waals surface area contributed by atoms with Crippen molar-refractivity contribution in [1.29, 1.82) is 0 Å². The molecule has 0 atom stereocenters. The zero-order chi connectivity index (χ0) is 17.9. The normalized spacial score (nSPS) is 11.8. The van der Waals surface area contributed by atoms with Gasteiger partial charge < -0.3 is 4.74 Å². The average Bonchev–Trinajstić information content (AvgIpc) is 3.15. The summed E-state index contributed by atoms with van der Waals surface area (Å²) < 4.78 is 7.12. The van der Waals surface area contributed by atoms with Crippen LogP contribution in [0.5, 0.6) is 5.75 Å². The van der Waals surface area contributed by atoms with E-state index < -0.39 is 0 Å². The van der Waals surface area contributed by atoms with Gasteiger partial charge in [0, 0.05) is 10.8 Å². The third-order valence-corrected chi connectivity index (χ3v) is 4.07. The fourth-order valence-electron chi connectivity index (χ4n) is 2.77. The molecule has 7 nitrogen and oxygen atoms in total. The van der Waals surface area contributed by atoms with Crippen molar-refractivity contribution in [2.24, 2.45) is 5.10 Å². The van der Waals surface area contributed by atoms with Gasteiger partial charge in [-0.2, -0.15) is 9.62 Å². The Kier molecular flexibility index (Phi) is 4.18. The minimum absolute atomic E-state index is 0.651. The Bertz CT molecular complexity index is 1080. The molecule has 0 aliphatic carbocycles. The van der Waals surface area contributed by atoms with Crippen molar-refractivity contribution in [2.45, 2.75) is 13.8 Å². The third-order valence-electron chi connectivity index (χ3n) is 4.07. The molecule has 7 heteroatoms. The Hall–Kier alpha value is -3.48. The van der Waals surface area contributed by atoms with Crippen molar-refractivity contribution >= 4 is 27.9 Å². The third kappa shape index (κ3) is 2.95. The molecule has 26 heavy (non-hydrogen) atoms. The molecule has 0 aliphatic heterocycles. The first kappa shape index (κ1) is 16.0. The van der Waals surface area contributed by atoms with Gasteiger partial charge >= 0.3 is 0 Å². The van der Waals surface area contributed by atoms with Crippen LogP contribution in [0.25, 0.3) is 16.4 Å². The Morgan fingerprint density at radius 1 is 1.12 bits per heavy atom. The molecule has 0 aliphatic rings. The number of hydrogen-bond acceptors (Lipinski definition) is 6. The van der Waals surface area contributed by atoms with E-state index in [1.165, 1.54) is 0 Å². The van der Waals surface area contributed by atoms with Crippen LogP contribution in [0.3, 0.4) is 0 Å². The molecule has 0 unspecified atom stereocenters. The molecule has 0 bridgehead atoms. The summed E-state index contributed by atoms with van der Waals surface area (Å²) in [6.07, 6.45) is 1.58. The number of aromatic nitrogens is 4. The van der Waals surface area contributed by atoms with Crippen LogP contribution < -0.4 is 10.2 Å². The van der Waals surface area contributed by atoms with Crippen LogP contribution in [-0.2, 0) is 0 Å². The van der Waals surface area contributed by atoms with Gasteiger partial charge in [0.15, 0.2) is 11.5 Å². The van der Waals surface area contributed by atoms with Gasteiger partial charge in [-0.15, -0.1) is 15.3 Å². The molecular formula is C19H18N6O. The second kappa shape index (κ2) is 6.79. The topological polar surface area (TPSA) is 76.7 Å². The molecule has 4 aromatic rings. The Labute approximate surface area is 150 Å². The van der Waals surface area contributed by atoms with Gasteiger partial charge in [0.1, 0.15) is 12.1 Å². The minimum Gasteiger partial charge on any atom is -0.494 e. The highest BCUT2D eigenvalue weighted by Gasteiger charge is 2.09. The maximum Gasteiger partial charge on any atom is 0.185 e. The molecular weight excluding hydrogens is 328 g/mol. The van der Waals surface area contributed by atoms with Crippen LogP contribution in [0.15, 0.2) is 60.0 Å². The summed E-state index contributed by atoms with van der Waals surface area (Å²) in [7, 11) is 0. The van der Waals surface area contributed by atoms with E-state index in [1.54, 1.807) is 10.8 Å². The Balaban J connectivity index is 1.66. The number of benzene rings is 2. The quantitative estimate of drug-likeness (QED) is 0.442. The second-order valence-electron chi connectivity index (χ2n) is 5.76. The van der Waals surface area contributed by atoms with Crippen molar-refractivity contribution in [2.75, 3.05) is 12.0 Å². The molecule has 1 N–H and O–H groups in total. The first-order chi connectivity index (χ1) is 12.8. The number of ether oxygens (including phenoxy) is 1. The van der Waals surface area contributed by atoms with E-state index in [0.29, 0.717) is 12.4 Å². The first-order valence-electron chi connectivity index (χ1n) is 8.38. The summed E-state index contributed by atoms with van der Waals surface area (Å²) in [5.41, 5.74) is 5.66. The molecule has 0 saturated heterocycles. The van der Waals surface area contributed by atoms with Gasteiger partial charge in [0.2, 0.25) is 0 Å². The highest BCUT2D eigenvalue weighted by atomic mass is 16.5. The van der Waals surface area contributed by atoms with E-state index in [4.69, 9.17) is 4.74 Å². The number of nitrogens with zero attached hydrogens (tertiary/aromatic N) is 5. The van der Waals surface area contributed by atoms with Gasteiger partial charge in [-0.25, -0.2) is 0 Å². The Morgan fingerprint density at radius 3 is 2.65 bits per heavy atom. The largest absolute Gasteiger partial charge is 0.494 e. The van der Waals surface area contributed by atoms with Gasteiger partial charge in [-0.1, -0.05) is 24.3 Å². The van der Waals surface area contributed by atoms with Gasteiger partial charge in [0.25, 0.3) is 0 Å². The molecule has 0 spiro atoms.